The zero-order valence-corrected chi connectivity index (χ0v) is 8.83. The van der Waals surface area contributed by atoms with Gasteiger partial charge < -0.3 is 0 Å². The van der Waals surface area contributed by atoms with Crippen molar-refractivity contribution >= 4 is 30.3 Å². The zero-order chi connectivity index (χ0) is 8.67. The molecule has 0 saturated carbocycles. The third-order valence-electron chi connectivity index (χ3n) is 2.66. The molecule has 1 aliphatic carbocycles. The minimum atomic E-state index is 0. The summed E-state index contributed by atoms with van der Waals surface area (Å²) in [5.74, 6) is 0. The molecule has 0 spiro atoms. The molecule has 0 nitrogen and oxygen atoms in total. The van der Waals surface area contributed by atoms with Gasteiger partial charge >= 0.3 is 0 Å². The van der Waals surface area contributed by atoms with E-state index in [1.165, 1.54) is 21.9 Å². The average molecular weight is 200 g/mol. The first-order chi connectivity index (χ1) is 6.45. The number of hydrogen-bond acceptors (Lipinski definition) is 0. The second-order valence-electron chi connectivity index (χ2n) is 3.47. The van der Waals surface area contributed by atoms with Gasteiger partial charge in [-0.1, -0.05) is 48.6 Å². The van der Waals surface area contributed by atoms with Crippen molar-refractivity contribution in [3.8, 4) is 0 Å². The van der Waals surface area contributed by atoms with Crippen LogP contribution in [-0.4, -0.2) is 0 Å². The van der Waals surface area contributed by atoms with Gasteiger partial charge in [0.05, 0.1) is 0 Å². The fourth-order valence-electron chi connectivity index (χ4n) is 2.07. The summed E-state index contributed by atoms with van der Waals surface area (Å²) in [5, 5.41) is 2.80. The van der Waals surface area contributed by atoms with Crippen molar-refractivity contribution in [2.45, 2.75) is 6.42 Å². The number of benzene rings is 2. The van der Waals surface area contributed by atoms with Crippen LogP contribution in [0.15, 0.2) is 42.5 Å². The Hall–Kier alpha value is -1.21. The molecule has 2 aromatic rings. The number of rotatable bonds is 0. The summed E-state index contributed by atoms with van der Waals surface area (Å²) < 4.78 is 0. The van der Waals surface area contributed by atoms with Crippen LogP contribution in [0.25, 0.3) is 16.8 Å². The normalized spacial score (nSPS) is 12.6. The summed E-state index contributed by atoms with van der Waals surface area (Å²) >= 11 is 0. The molecule has 0 saturated heterocycles. The topological polar surface area (TPSA) is 0 Å². The first kappa shape index (κ1) is 9.35. The molecule has 0 N–H and O–H groups in total. The summed E-state index contributed by atoms with van der Waals surface area (Å²) in [7, 11) is 0. The van der Waals surface area contributed by atoms with Gasteiger partial charge in [0.25, 0.3) is 0 Å². The summed E-state index contributed by atoms with van der Waals surface area (Å²) in [4.78, 5) is 0. The van der Waals surface area contributed by atoms with Gasteiger partial charge in [-0.2, -0.15) is 13.5 Å². The number of allylic oxidation sites excluding steroid dienone is 1. The van der Waals surface area contributed by atoms with Crippen molar-refractivity contribution < 1.29 is 0 Å². The monoisotopic (exact) mass is 200 g/mol. The van der Waals surface area contributed by atoms with Gasteiger partial charge in [-0.05, 0) is 28.3 Å². The van der Waals surface area contributed by atoms with Gasteiger partial charge in [0, 0.05) is 0 Å². The highest BCUT2D eigenvalue weighted by atomic mass is 32.1. The minimum Gasteiger partial charge on any atom is -0.197 e. The lowest BCUT2D eigenvalue weighted by Gasteiger charge is -2.11. The SMILES string of the molecule is C1=Cc2cccc3cccc(c23)C1.S. The van der Waals surface area contributed by atoms with Crippen molar-refractivity contribution in [1.82, 2.24) is 0 Å². The van der Waals surface area contributed by atoms with Crippen LogP contribution >= 0.6 is 13.5 Å². The van der Waals surface area contributed by atoms with Crippen molar-refractivity contribution in [3.63, 3.8) is 0 Å². The predicted octanol–water partition coefficient (Wildman–Crippen LogP) is 3.52. The van der Waals surface area contributed by atoms with Crippen LogP contribution in [0.1, 0.15) is 11.1 Å². The highest BCUT2D eigenvalue weighted by Gasteiger charge is 2.06. The summed E-state index contributed by atoms with van der Waals surface area (Å²) in [5.41, 5.74) is 2.81. The molecular formula is C13H12S. The predicted molar refractivity (Wildman–Crippen MR) is 67.1 cm³/mol. The maximum atomic E-state index is 2.23. The molecule has 14 heavy (non-hydrogen) atoms. The van der Waals surface area contributed by atoms with E-state index in [-0.39, 0.29) is 13.5 Å². The van der Waals surface area contributed by atoms with Gasteiger partial charge in [-0.3, -0.25) is 0 Å². The Labute approximate surface area is 90.7 Å². The van der Waals surface area contributed by atoms with Crippen LogP contribution in [0.2, 0.25) is 0 Å². The lowest BCUT2D eigenvalue weighted by atomic mass is 9.93. The van der Waals surface area contributed by atoms with Crippen LogP contribution in [0.5, 0.6) is 0 Å². The molecule has 0 radical (unpaired) electrons. The molecule has 0 fully saturated rings. The lowest BCUT2D eigenvalue weighted by molar-refractivity contribution is 1.29. The van der Waals surface area contributed by atoms with E-state index in [1.807, 2.05) is 0 Å². The van der Waals surface area contributed by atoms with Crippen molar-refractivity contribution in [1.29, 1.82) is 0 Å². The Bertz CT molecular complexity index is 492. The van der Waals surface area contributed by atoms with E-state index in [0.717, 1.165) is 6.42 Å². The summed E-state index contributed by atoms with van der Waals surface area (Å²) in [6, 6.07) is 13.0. The Morgan fingerprint density at radius 3 is 2.57 bits per heavy atom. The second kappa shape index (κ2) is 3.50. The first-order valence-electron chi connectivity index (χ1n) is 4.62. The summed E-state index contributed by atoms with van der Waals surface area (Å²) in [6.07, 6.45) is 5.53. The molecule has 0 heterocycles. The van der Waals surface area contributed by atoms with Crippen LogP contribution < -0.4 is 0 Å². The van der Waals surface area contributed by atoms with Gasteiger partial charge in [0.1, 0.15) is 0 Å². The van der Waals surface area contributed by atoms with Crippen LogP contribution in [-0.2, 0) is 6.42 Å². The van der Waals surface area contributed by atoms with Crippen molar-refractivity contribution in [2.24, 2.45) is 0 Å². The smallest absolute Gasteiger partial charge is 0.00763 e. The molecule has 2 aromatic carbocycles. The molecule has 70 valence electrons. The highest BCUT2D eigenvalue weighted by Crippen LogP contribution is 2.27. The largest absolute Gasteiger partial charge is 0.197 e. The van der Waals surface area contributed by atoms with E-state index in [4.69, 9.17) is 0 Å². The van der Waals surface area contributed by atoms with E-state index in [2.05, 4.69) is 48.6 Å². The van der Waals surface area contributed by atoms with Crippen molar-refractivity contribution in [2.75, 3.05) is 0 Å². The van der Waals surface area contributed by atoms with Gasteiger partial charge in [0.15, 0.2) is 0 Å². The average Bonchev–Trinajstić information content (AvgIpc) is 2.19. The van der Waals surface area contributed by atoms with E-state index < -0.39 is 0 Å². The Morgan fingerprint density at radius 1 is 0.929 bits per heavy atom. The van der Waals surface area contributed by atoms with Gasteiger partial charge in [0.2, 0.25) is 0 Å². The molecule has 0 unspecified atom stereocenters. The van der Waals surface area contributed by atoms with E-state index >= 15 is 0 Å². The summed E-state index contributed by atoms with van der Waals surface area (Å²) in [6.45, 7) is 0. The van der Waals surface area contributed by atoms with E-state index in [9.17, 15) is 0 Å². The third kappa shape index (κ3) is 1.25. The first-order valence-corrected chi connectivity index (χ1v) is 4.62. The Balaban J connectivity index is 0.000000750. The second-order valence-corrected chi connectivity index (χ2v) is 3.47. The Kier molecular flexibility index (Phi) is 2.34. The quantitative estimate of drug-likeness (QED) is 0.610. The van der Waals surface area contributed by atoms with E-state index in [1.54, 1.807) is 0 Å². The maximum Gasteiger partial charge on any atom is -0.00763 e. The fourth-order valence-corrected chi connectivity index (χ4v) is 2.07. The van der Waals surface area contributed by atoms with Gasteiger partial charge in [-0.15, -0.1) is 0 Å². The molecule has 0 bridgehead atoms. The highest BCUT2D eigenvalue weighted by molar-refractivity contribution is 7.59. The molecular weight excluding hydrogens is 188 g/mol. The molecule has 0 aromatic heterocycles. The number of hydrogen-bond donors (Lipinski definition) is 0. The molecule has 0 amide bonds. The molecule has 1 heteroatoms. The third-order valence-corrected chi connectivity index (χ3v) is 2.66. The molecule has 1 aliphatic rings. The fraction of sp³-hybridized carbons (Fsp3) is 0.0769. The van der Waals surface area contributed by atoms with E-state index in [0.29, 0.717) is 0 Å². The van der Waals surface area contributed by atoms with Crippen LogP contribution in [0, 0.1) is 0 Å². The van der Waals surface area contributed by atoms with Crippen molar-refractivity contribution in [3.05, 3.63) is 53.6 Å². The van der Waals surface area contributed by atoms with Crippen LogP contribution in [0.4, 0.5) is 0 Å². The minimum absolute atomic E-state index is 0. The standard InChI is InChI=1S/C13H10.H2S/c1-4-10-6-2-8-12-9-3-7-11(5-1)13(10)12;/h1-8H,9H2;1H2. The zero-order valence-electron chi connectivity index (χ0n) is 7.83. The maximum absolute atomic E-state index is 2.23. The molecule has 0 atom stereocenters. The molecule has 0 aliphatic heterocycles. The Morgan fingerprint density at radius 2 is 1.71 bits per heavy atom. The van der Waals surface area contributed by atoms with Crippen LogP contribution in [0.3, 0.4) is 0 Å². The lowest BCUT2D eigenvalue weighted by Crippen LogP contribution is -1.91. The molecule has 3 rings (SSSR count). The van der Waals surface area contributed by atoms with Gasteiger partial charge in [-0.25, -0.2) is 0 Å².